The van der Waals surface area contributed by atoms with Crippen LogP contribution in [0.1, 0.15) is 108 Å². The summed E-state index contributed by atoms with van der Waals surface area (Å²) in [6.07, 6.45) is 0. The topological polar surface area (TPSA) is 16.3 Å². The van der Waals surface area contributed by atoms with Gasteiger partial charge in [0, 0.05) is 82.9 Å². The van der Waals surface area contributed by atoms with Crippen molar-refractivity contribution < 1.29 is 28.8 Å². The Morgan fingerprint density at radius 3 is 1.02 bits per heavy atom. The lowest BCUT2D eigenvalue weighted by Gasteiger charge is -2.47. The van der Waals surface area contributed by atoms with Crippen LogP contribution in [0.3, 0.4) is 0 Å². The molecule has 0 spiro atoms. The van der Waals surface area contributed by atoms with Crippen molar-refractivity contribution >= 4 is 112 Å². The first-order valence-electron chi connectivity index (χ1n) is 42.6. The summed E-state index contributed by atoms with van der Waals surface area (Å²) < 4.78 is 210. The van der Waals surface area contributed by atoms with Crippen molar-refractivity contribution in [1.29, 1.82) is 0 Å². The highest BCUT2D eigenvalue weighted by atomic mass is 35.5. The molecule has 4 nitrogen and oxygen atoms in total. The monoisotopic (exact) mass is 1280 g/mol. The predicted molar refractivity (Wildman–Crippen MR) is 412 cm³/mol. The zero-order chi connectivity index (χ0) is 83.8. The van der Waals surface area contributed by atoms with Crippen molar-refractivity contribution in [3.8, 4) is 55.9 Å². The fraction of sp³-hybridized carbons (Fsp3) is 0.133. The first kappa shape index (κ1) is 40.6. The van der Waals surface area contributed by atoms with Crippen molar-refractivity contribution in [3.05, 3.63) is 306 Å². The summed E-state index contributed by atoms with van der Waals surface area (Å²) in [6.45, 7) is 17.1. The molecule has 2 aliphatic rings. The van der Waals surface area contributed by atoms with Crippen LogP contribution in [0.4, 0.5) is 34.1 Å². The zero-order valence-electron chi connectivity index (χ0n) is 75.3. The Balaban J connectivity index is 1.17. The van der Waals surface area contributed by atoms with Crippen LogP contribution in [0.25, 0.3) is 99.5 Å². The standard InChI is InChI=1S/C90H74BClN4/c1-88(2,3)61-48-70(57-30-14-10-15-31-57)86(71(49-61)58-32-16-11-17-33-58)95-80-55-64(93-76-42-26-22-38-66(76)67-39-23-27-43-77(67)93)46-47-74(80)91-84-75(92)54-65(94-78-44-28-24-40-68(78)69-41-25-29-45-79(69)94)56-83(84)96(82-53-63(90(7,8)9)52-81(95)85(82)91)87-72(59-34-18-12-19-35-59)50-62(89(4,5)6)51-73(87)60-36-20-13-21-37-60/h10-56H,1-9H3/i22D,23D,24D,25D,26D,27D,28D,29D,38D,39D,40D,41D,42D,43D,44D,45D,46D,47D,54D,55D,56D. The zero-order valence-corrected chi connectivity index (χ0v) is 55.0. The number of nitrogens with zero attached hydrogens (tertiary/aromatic N) is 4. The smallest absolute Gasteiger partial charge is 0.254 e. The van der Waals surface area contributed by atoms with Crippen LogP contribution >= 0.6 is 11.6 Å². The normalized spacial score (nSPS) is 16.1. The molecule has 15 aromatic rings. The molecule has 0 saturated heterocycles. The number of anilines is 6. The summed E-state index contributed by atoms with van der Waals surface area (Å²) in [5.41, 5.74) is 4.58. The van der Waals surface area contributed by atoms with Gasteiger partial charge in [-0.2, -0.15) is 0 Å². The Labute approximate surface area is 598 Å². The van der Waals surface area contributed by atoms with E-state index in [1.807, 2.05) is 164 Å². The molecular formula is C90H74BClN4. The van der Waals surface area contributed by atoms with E-state index in [9.17, 15) is 23.3 Å². The SMILES string of the molecule is [2H]c1c([2H])c(-n2c3c([2H])c([2H])c([2H])c([2H])c3c3c([2H])c([2H])c([2H])c([2H])c32)c([2H])c2c1B1c3c(cc(C(C)(C)C)cc3N(c3c(-c4ccccc4)cc(C(C)(C)C)cc3-c3ccccc3)c3c([2H])c(-n4c5c([2H])c([2H])c([2H])c([2H])c5c5c([2H])c([2H])c([2H])c([2H])c54)c([2H])c(Cl)c31)N2c1c(-c2ccccc2)cc(C(C)(C)C)cc1-c1ccccc1. The van der Waals surface area contributed by atoms with Crippen LogP contribution < -0.4 is 26.2 Å². The first-order valence-corrected chi connectivity index (χ1v) is 32.5. The van der Waals surface area contributed by atoms with Crippen molar-refractivity contribution in [1.82, 2.24) is 9.13 Å². The minimum atomic E-state index is -1.57. The van der Waals surface area contributed by atoms with Gasteiger partial charge in [-0.25, -0.2) is 0 Å². The molecular weight excluding hydrogens is 1180 g/mol. The molecule has 0 unspecified atom stereocenters. The van der Waals surface area contributed by atoms with E-state index >= 15 is 0 Å². The number of rotatable bonds is 8. The third-order valence-corrected chi connectivity index (χ3v) is 19.1. The lowest BCUT2D eigenvalue weighted by molar-refractivity contribution is 0.590. The van der Waals surface area contributed by atoms with E-state index in [4.69, 9.17) is 17.1 Å². The molecule has 13 aromatic carbocycles. The van der Waals surface area contributed by atoms with E-state index in [1.54, 1.807) is 0 Å². The highest BCUT2D eigenvalue weighted by Gasteiger charge is 2.48. The van der Waals surface area contributed by atoms with Gasteiger partial charge in [-0.3, -0.25) is 0 Å². The molecule has 0 N–H and O–H groups in total. The quantitative estimate of drug-likeness (QED) is 0.141. The molecule has 2 aliphatic heterocycles. The molecule has 17 rings (SSSR count). The minimum absolute atomic E-state index is 0.0501. The lowest BCUT2D eigenvalue weighted by atomic mass is 9.33. The van der Waals surface area contributed by atoms with Gasteiger partial charge in [0.15, 0.2) is 0 Å². The third-order valence-electron chi connectivity index (χ3n) is 18.8. The molecule has 6 heteroatoms. The molecule has 0 bridgehead atoms. The highest BCUT2D eigenvalue weighted by molar-refractivity contribution is 7.01. The highest BCUT2D eigenvalue weighted by Crippen LogP contribution is 2.56. The summed E-state index contributed by atoms with van der Waals surface area (Å²) in [6, 6.07) is 36.3. The van der Waals surface area contributed by atoms with Crippen LogP contribution in [0, 0.1) is 0 Å². The van der Waals surface area contributed by atoms with Gasteiger partial charge < -0.3 is 18.9 Å². The third kappa shape index (κ3) is 9.48. The number of fused-ring (bicyclic) bond motifs is 10. The van der Waals surface area contributed by atoms with Crippen LogP contribution in [-0.4, -0.2) is 15.8 Å². The molecule has 4 heterocycles. The molecule has 464 valence electrons. The van der Waals surface area contributed by atoms with Crippen molar-refractivity contribution in [2.45, 2.75) is 78.6 Å². The Morgan fingerprint density at radius 1 is 0.333 bits per heavy atom. The summed E-state index contributed by atoms with van der Waals surface area (Å²) in [7, 11) is 0. The first-order chi connectivity index (χ1) is 55.2. The molecule has 96 heavy (non-hydrogen) atoms. The summed E-state index contributed by atoms with van der Waals surface area (Å²) in [5.74, 6) is 0. The summed E-state index contributed by atoms with van der Waals surface area (Å²) in [4.78, 5) is 3.83. The molecule has 0 aliphatic carbocycles. The predicted octanol–water partition coefficient (Wildman–Crippen LogP) is 23.2. The molecule has 0 saturated carbocycles. The van der Waals surface area contributed by atoms with E-state index < -0.39 is 188 Å². The summed E-state index contributed by atoms with van der Waals surface area (Å²) in [5, 5.41) is -1.78. The van der Waals surface area contributed by atoms with Crippen molar-refractivity contribution in [3.63, 3.8) is 0 Å². The van der Waals surface area contributed by atoms with Gasteiger partial charge in [-0.1, -0.05) is 274 Å². The number of hydrogen-bond donors (Lipinski definition) is 0. The van der Waals surface area contributed by atoms with Gasteiger partial charge in [0.2, 0.25) is 0 Å². The Bertz CT molecular complexity index is 6240. The average molecular weight is 1280 g/mol. The van der Waals surface area contributed by atoms with Gasteiger partial charge in [-0.15, -0.1) is 0 Å². The number of para-hydroxylation sites is 4. The summed E-state index contributed by atoms with van der Waals surface area (Å²) >= 11 is 8.49. The number of benzene rings is 13. The van der Waals surface area contributed by atoms with Gasteiger partial charge in [0.1, 0.15) is 0 Å². The molecule has 0 radical (unpaired) electrons. The van der Waals surface area contributed by atoms with E-state index in [1.165, 1.54) is 0 Å². The number of halogens is 1. The Hall–Kier alpha value is -10.6. The maximum absolute atomic E-state index is 11.7. The fourth-order valence-corrected chi connectivity index (χ4v) is 14.3. The van der Waals surface area contributed by atoms with E-state index in [0.717, 1.165) is 20.3 Å². The van der Waals surface area contributed by atoms with Gasteiger partial charge >= 0.3 is 0 Å². The average Bonchev–Trinajstić information content (AvgIpc) is 1.65. The van der Waals surface area contributed by atoms with Gasteiger partial charge in [-0.05, 0) is 156 Å². The van der Waals surface area contributed by atoms with Gasteiger partial charge in [0.05, 0.1) is 62.2 Å². The second kappa shape index (κ2) is 22.3. The molecule has 0 fully saturated rings. The lowest BCUT2D eigenvalue weighted by Crippen LogP contribution is -2.62. The van der Waals surface area contributed by atoms with E-state index in [-0.39, 0.29) is 43.8 Å². The molecule has 0 amide bonds. The minimum Gasteiger partial charge on any atom is -0.310 e. The Morgan fingerprint density at radius 2 is 0.656 bits per heavy atom. The van der Waals surface area contributed by atoms with Crippen molar-refractivity contribution in [2.75, 3.05) is 9.80 Å². The van der Waals surface area contributed by atoms with E-state index in [2.05, 4.69) is 65.8 Å². The second-order valence-corrected chi connectivity index (χ2v) is 28.2. The number of hydrogen-bond acceptors (Lipinski definition) is 2. The number of aromatic nitrogens is 2. The molecule has 2 aromatic heterocycles. The maximum atomic E-state index is 11.7. The van der Waals surface area contributed by atoms with E-state index in [0.29, 0.717) is 78.3 Å². The van der Waals surface area contributed by atoms with Crippen LogP contribution in [0.15, 0.2) is 285 Å². The largest absolute Gasteiger partial charge is 0.310 e. The van der Waals surface area contributed by atoms with Crippen molar-refractivity contribution in [2.24, 2.45) is 0 Å². The van der Waals surface area contributed by atoms with Gasteiger partial charge in [0.25, 0.3) is 6.71 Å². The Kier molecular flexibility index (Phi) is 9.42. The van der Waals surface area contributed by atoms with Crippen LogP contribution in [0.2, 0.25) is 5.02 Å². The maximum Gasteiger partial charge on any atom is 0.254 e. The fourth-order valence-electron chi connectivity index (χ4n) is 14.0. The van der Waals surface area contributed by atoms with Crippen LogP contribution in [-0.2, 0) is 16.2 Å². The van der Waals surface area contributed by atoms with Crippen LogP contribution in [0.5, 0.6) is 0 Å². The molecule has 0 atom stereocenters. The second-order valence-electron chi connectivity index (χ2n) is 27.8.